The van der Waals surface area contributed by atoms with Crippen molar-refractivity contribution in [3.63, 3.8) is 0 Å². The number of nitrogens with one attached hydrogen (secondary N) is 4. The van der Waals surface area contributed by atoms with E-state index in [1.54, 1.807) is 46.8 Å². The van der Waals surface area contributed by atoms with Crippen LogP contribution >= 0.6 is 0 Å². The van der Waals surface area contributed by atoms with Crippen molar-refractivity contribution in [3.8, 4) is 0 Å². The summed E-state index contributed by atoms with van der Waals surface area (Å²) in [7, 11) is -3.66. The number of hydrogen-bond donors (Lipinski definition) is 4. The molecule has 208 valence electrons. The van der Waals surface area contributed by atoms with Gasteiger partial charge in [-0.3, -0.25) is 15.0 Å². The van der Waals surface area contributed by atoms with Crippen LogP contribution < -0.4 is 21.5 Å². The summed E-state index contributed by atoms with van der Waals surface area (Å²) >= 11 is 0. The minimum Gasteiger partial charge on any atom is -0.443 e. The molecule has 2 atom stereocenters. The van der Waals surface area contributed by atoms with Crippen LogP contribution in [0.5, 0.6) is 0 Å². The highest BCUT2D eigenvalue weighted by molar-refractivity contribution is 7.94. The summed E-state index contributed by atoms with van der Waals surface area (Å²) in [4.78, 5) is 37.4. The summed E-state index contributed by atoms with van der Waals surface area (Å²) in [5.41, 5.74) is 4.58. The number of hydrogen-bond acceptors (Lipinski definition) is 7. The Bertz CT molecular complexity index is 1060. The summed E-state index contributed by atoms with van der Waals surface area (Å²) in [6, 6.07) is 4.16. The molecule has 0 heterocycles. The fourth-order valence-corrected chi connectivity index (χ4v) is 4.15. The second kappa shape index (κ2) is 14.1. The molecule has 37 heavy (non-hydrogen) atoms. The number of carbonyl (C=O) groups is 3. The third-order valence-corrected chi connectivity index (χ3v) is 6.51. The topological polar surface area (TPSA) is 143 Å². The minimum atomic E-state index is -3.66. The Balaban J connectivity index is 2.78. The predicted molar refractivity (Wildman–Crippen MR) is 144 cm³/mol. The van der Waals surface area contributed by atoms with E-state index in [1.165, 1.54) is 30.5 Å². The highest BCUT2D eigenvalue weighted by atomic mass is 32.2. The van der Waals surface area contributed by atoms with E-state index >= 15 is 0 Å². The van der Waals surface area contributed by atoms with Gasteiger partial charge in [-0.05, 0) is 70.6 Å². The summed E-state index contributed by atoms with van der Waals surface area (Å²) in [5, 5.41) is 6.42. The molecule has 3 amide bonds. The average molecular weight is 539 g/mol. The van der Waals surface area contributed by atoms with Crippen molar-refractivity contribution < 1.29 is 27.5 Å². The standard InChI is InChI=1S/C26H42N4O6S/c1-17(2)12-9-10-15-37(34,35)21-14-11-13-20(16-21)28-23(31)19(5)27-24(32)22(18(3)4)29-30-25(33)36-26(6,7)8/h10-11,13-19,22,29H,9,12H2,1-8H3,(H,27,32)(H,28,31)(H,30,33)/b15-10+/t19-,22-/m0/s1. The molecule has 1 aromatic rings. The van der Waals surface area contributed by atoms with Gasteiger partial charge in [0, 0.05) is 11.1 Å². The predicted octanol–water partition coefficient (Wildman–Crippen LogP) is 3.91. The van der Waals surface area contributed by atoms with Gasteiger partial charge in [0.25, 0.3) is 0 Å². The van der Waals surface area contributed by atoms with Crippen LogP contribution in [0.3, 0.4) is 0 Å². The quantitative estimate of drug-likeness (QED) is 0.296. The summed E-state index contributed by atoms with van der Waals surface area (Å²) in [5.74, 6) is -0.781. The maximum atomic E-state index is 12.8. The van der Waals surface area contributed by atoms with Crippen molar-refractivity contribution in [1.82, 2.24) is 16.2 Å². The Labute approximate surface area is 220 Å². The first-order chi connectivity index (χ1) is 17.0. The summed E-state index contributed by atoms with van der Waals surface area (Å²) in [6.45, 7) is 14.4. The van der Waals surface area contributed by atoms with E-state index in [0.29, 0.717) is 12.3 Å². The number of hydrazine groups is 1. The zero-order valence-corrected chi connectivity index (χ0v) is 23.9. The molecule has 0 fully saturated rings. The van der Waals surface area contributed by atoms with Crippen molar-refractivity contribution in [2.75, 3.05) is 5.32 Å². The van der Waals surface area contributed by atoms with E-state index in [1.807, 2.05) is 0 Å². The lowest BCUT2D eigenvalue weighted by atomic mass is 10.0. The molecular weight excluding hydrogens is 496 g/mol. The van der Waals surface area contributed by atoms with Crippen molar-refractivity contribution in [2.45, 2.75) is 90.8 Å². The lowest BCUT2D eigenvalue weighted by Crippen LogP contribution is -2.57. The minimum absolute atomic E-state index is 0.0556. The van der Waals surface area contributed by atoms with Gasteiger partial charge in [-0.2, -0.15) is 0 Å². The average Bonchev–Trinajstić information content (AvgIpc) is 2.75. The van der Waals surface area contributed by atoms with Crippen LogP contribution in [0.1, 0.15) is 68.2 Å². The molecule has 4 N–H and O–H groups in total. The number of anilines is 1. The van der Waals surface area contributed by atoms with Crippen LogP contribution in [-0.4, -0.2) is 44.0 Å². The highest BCUT2D eigenvalue weighted by Gasteiger charge is 2.27. The molecule has 0 aliphatic rings. The van der Waals surface area contributed by atoms with E-state index in [-0.39, 0.29) is 16.5 Å². The number of allylic oxidation sites excluding steroid dienone is 1. The van der Waals surface area contributed by atoms with E-state index in [9.17, 15) is 22.8 Å². The number of benzene rings is 1. The van der Waals surface area contributed by atoms with Gasteiger partial charge in [-0.1, -0.05) is 39.8 Å². The van der Waals surface area contributed by atoms with Crippen molar-refractivity contribution in [3.05, 3.63) is 35.7 Å². The smallest absolute Gasteiger partial charge is 0.422 e. The third kappa shape index (κ3) is 12.2. The number of carbonyl (C=O) groups excluding carboxylic acids is 3. The molecule has 0 radical (unpaired) electrons. The molecule has 0 aliphatic carbocycles. The SMILES string of the molecule is CC(C)CC/C=C/S(=O)(=O)c1cccc(NC(=O)[C@H](C)NC(=O)[C@@H](NNC(=O)OC(C)(C)C)C(C)C)c1. The number of ether oxygens (including phenoxy) is 1. The highest BCUT2D eigenvalue weighted by Crippen LogP contribution is 2.18. The molecule has 10 nitrogen and oxygen atoms in total. The van der Waals surface area contributed by atoms with Gasteiger partial charge in [0.15, 0.2) is 9.84 Å². The molecule has 1 rings (SSSR count). The monoisotopic (exact) mass is 538 g/mol. The van der Waals surface area contributed by atoms with Crippen molar-refractivity contribution >= 4 is 33.4 Å². The summed E-state index contributed by atoms with van der Waals surface area (Å²) < 4.78 is 30.4. The van der Waals surface area contributed by atoms with Crippen LogP contribution in [0, 0.1) is 11.8 Å². The number of rotatable bonds is 12. The van der Waals surface area contributed by atoms with Gasteiger partial charge in [-0.15, -0.1) is 0 Å². The van der Waals surface area contributed by atoms with E-state index in [4.69, 9.17) is 4.74 Å². The number of sulfone groups is 1. The Morgan fingerprint density at radius 1 is 1.03 bits per heavy atom. The third-order valence-electron chi connectivity index (χ3n) is 5.05. The normalized spacial score (nSPS) is 13.9. The van der Waals surface area contributed by atoms with Gasteiger partial charge in [0.2, 0.25) is 11.8 Å². The summed E-state index contributed by atoms with van der Waals surface area (Å²) in [6.07, 6.45) is 2.44. The first-order valence-corrected chi connectivity index (χ1v) is 13.9. The van der Waals surface area contributed by atoms with Gasteiger partial charge in [0.05, 0.1) is 4.90 Å². The van der Waals surface area contributed by atoms with Crippen LogP contribution in [0.15, 0.2) is 40.6 Å². The van der Waals surface area contributed by atoms with Crippen LogP contribution in [-0.2, 0) is 24.2 Å². The molecule has 0 spiro atoms. The fraction of sp³-hybridized carbons (Fsp3) is 0.577. The van der Waals surface area contributed by atoms with Gasteiger partial charge in [-0.25, -0.2) is 18.6 Å². The molecule has 0 aromatic heterocycles. The Hall–Kier alpha value is -2.92. The van der Waals surface area contributed by atoms with Crippen molar-refractivity contribution in [1.29, 1.82) is 0 Å². The van der Waals surface area contributed by atoms with Gasteiger partial charge in [0.1, 0.15) is 17.7 Å². The zero-order chi connectivity index (χ0) is 28.4. The number of amides is 3. The fourth-order valence-electron chi connectivity index (χ4n) is 3.05. The maximum Gasteiger partial charge on any atom is 0.422 e. The Morgan fingerprint density at radius 3 is 2.24 bits per heavy atom. The Morgan fingerprint density at radius 2 is 1.68 bits per heavy atom. The molecule has 0 saturated heterocycles. The zero-order valence-electron chi connectivity index (χ0n) is 23.0. The molecule has 0 unspecified atom stereocenters. The largest absolute Gasteiger partial charge is 0.443 e. The molecule has 0 bridgehead atoms. The lowest BCUT2D eigenvalue weighted by Gasteiger charge is -2.25. The van der Waals surface area contributed by atoms with Gasteiger partial charge < -0.3 is 15.4 Å². The molecular formula is C26H42N4O6S. The van der Waals surface area contributed by atoms with Crippen LogP contribution in [0.25, 0.3) is 0 Å². The lowest BCUT2D eigenvalue weighted by molar-refractivity contribution is -0.128. The first kappa shape index (κ1) is 32.1. The first-order valence-electron chi connectivity index (χ1n) is 12.4. The van der Waals surface area contributed by atoms with E-state index in [2.05, 4.69) is 35.3 Å². The second-order valence-corrected chi connectivity index (χ2v) is 12.5. The van der Waals surface area contributed by atoms with E-state index in [0.717, 1.165) is 6.42 Å². The molecule has 11 heteroatoms. The van der Waals surface area contributed by atoms with Crippen LogP contribution in [0.4, 0.5) is 10.5 Å². The van der Waals surface area contributed by atoms with E-state index < -0.39 is 45.4 Å². The molecule has 1 aromatic carbocycles. The second-order valence-electron chi connectivity index (χ2n) is 10.6. The van der Waals surface area contributed by atoms with Crippen LogP contribution in [0.2, 0.25) is 0 Å². The molecule has 0 aliphatic heterocycles. The maximum absolute atomic E-state index is 12.8. The van der Waals surface area contributed by atoms with Gasteiger partial charge >= 0.3 is 6.09 Å². The molecule has 0 saturated carbocycles. The van der Waals surface area contributed by atoms with Crippen molar-refractivity contribution in [2.24, 2.45) is 11.8 Å². The Kier molecular flexibility index (Phi) is 12.3.